The Bertz CT molecular complexity index is 526. The van der Waals surface area contributed by atoms with Crippen molar-refractivity contribution in [3.63, 3.8) is 0 Å². The summed E-state index contributed by atoms with van der Waals surface area (Å²) in [6.45, 7) is 11.1. The van der Waals surface area contributed by atoms with E-state index in [2.05, 4.69) is 23.4 Å². The SMILES string of the molecule is C=CC(/C=N/O)=C(/C=C/c1ccc(OC)cc1)N=C.CC. The van der Waals surface area contributed by atoms with Crippen LogP contribution in [-0.2, 0) is 0 Å². The molecule has 0 aliphatic heterocycles. The highest BCUT2D eigenvalue weighted by Gasteiger charge is 1.96. The Morgan fingerprint density at radius 3 is 2.29 bits per heavy atom. The van der Waals surface area contributed by atoms with Gasteiger partial charge in [0.15, 0.2) is 0 Å². The molecule has 0 aromatic heterocycles. The first-order chi connectivity index (χ1) is 10.2. The van der Waals surface area contributed by atoms with Gasteiger partial charge in [-0.15, -0.1) is 0 Å². The third-order valence-corrected chi connectivity index (χ3v) is 2.43. The van der Waals surface area contributed by atoms with Crippen LogP contribution in [-0.4, -0.2) is 25.2 Å². The number of oxime groups is 1. The van der Waals surface area contributed by atoms with Gasteiger partial charge >= 0.3 is 0 Å². The number of allylic oxidation sites excluding steroid dienone is 3. The Labute approximate surface area is 126 Å². The molecule has 0 spiro atoms. The fraction of sp³-hybridized carbons (Fsp3) is 0.176. The summed E-state index contributed by atoms with van der Waals surface area (Å²) in [6.07, 6.45) is 6.45. The monoisotopic (exact) mass is 286 g/mol. The summed E-state index contributed by atoms with van der Waals surface area (Å²) in [7, 11) is 1.62. The molecule has 1 rings (SSSR count). The number of rotatable bonds is 6. The van der Waals surface area contributed by atoms with Crippen molar-refractivity contribution in [1.29, 1.82) is 0 Å². The molecule has 1 N–H and O–H groups in total. The van der Waals surface area contributed by atoms with E-state index in [4.69, 9.17) is 9.94 Å². The number of benzene rings is 1. The summed E-state index contributed by atoms with van der Waals surface area (Å²) < 4.78 is 5.08. The highest BCUT2D eigenvalue weighted by molar-refractivity contribution is 5.84. The molecule has 0 radical (unpaired) electrons. The number of hydrogen-bond acceptors (Lipinski definition) is 4. The van der Waals surface area contributed by atoms with Crippen molar-refractivity contribution >= 4 is 19.0 Å². The van der Waals surface area contributed by atoms with Gasteiger partial charge in [-0.25, -0.2) is 0 Å². The first-order valence-corrected chi connectivity index (χ1v) is 6.58. The van der Waals surface area contributed by atoms with Crippen molar-refractivity contribution in [3.05, 3.63) is 59.8 Å². The van der Waals surface area contributed by atoms with Gasteiger partial charge in [0, 0.05) is 5.57 Å². The molecule has 0 aliphatic rings. The smallest absolute Gasteiger partial charge is 0.118 e. The average molecular weight is 286 g/mol. The molecule has 21 heavy (non-hydrogen) atoms. The van der Waals surface area contributed by atoms with E-state index in [0.29, 0.717) is 11.3 Å². The predicted octanol–water partition coefficient (Wildman–Crippen LogP) is 4.34. The molecule has 4 heteroatoms. The van der Waals surface area contributed by atoms with Crippen LogP contribution in [0.3, 0.4) is 0 Å². The molecule has 0 saturated heterocycles. The van der Waals surface area contributed by atoms with Crippen LogP contribution in [0.4, 0.5) is 0 Å². The van der Waals surface area contributed by atoms with Crippen LogP contribution in [0.2, 0.25) is 0 Å². The van der Waals surface area contributed by atoms with Gasteiger partial charge in [0.05, 0.1) is 19.0 Å². The molecule has 1 aromatic carbocycles. The van der Waals surface area contributed by atoms with E-state index >= 15 is 0 Å². The fourth-order valence-corrected chi connectivity index (χ4v) is 1.42. The zero-order valence-corrected chi connectivity index (χ0v) is 12.8. The molecule has 0 atom stereocenters. The predicted molar refractivity (Wildman–Crippen MR) is 90.4 cm³/mol. The molecule has 112 valence electrons. The normalized spacial score (nSPS) is 11.6. The molecule has 0 saturated carbocycles. The number of ether oxygens (including phenoxy) is 1. The van der Waals surface area contributed by atoms with Crippen LogP contribution in [0.5, 0.6) is 5.75 Å². The highest BCUT2D eigenvalue weighted by atomic mass is 16.5. The van der Waals surface area contributed by atoms with Gasteiger partial charge in [-0.2, -0.15) is 0 Å². The maximum absolute atomic E-state index is 8.54. The van der Waals surface area contributed by atoms with Gasteiger partial charge in [0.2, 0.25) is 0 Å². The van der Waals surface area contributed by atoms with Crippen molar-refractivity contribution in [2.45, 2.75) is 13.8 Å². The largest absolute Gasteiger partial charge is 0.497 e. The standard InChI is InChI=1S/C15H16N2O2.C2H6/c1-4-13(11-17-18)15(16-2)10-7-12-5-8-14(19-3)9-6-12;1-2/h4-11,18H,1-2H2,3H3;1-2H3/b10-7+,15-13+,17-11+;. The summed E-state index contributed by atoms with van der Waals surface area (Å²) in [5, 5.41) is 11.5. The van der Waals surface area contributed by atoms with Gasteiger partial charge in [0.1, 0.15) is 5.75 Å². The number of aliphatic imine (C=N–C) groups is 1. The fourth-order valence-electron chi connectivity index (χ4n) is 1.42. The summed E-state index contributed by atoms with van der Waals surface area (Å²) >= 11 is 0. The molecule has 0 heterocycles. The molecule has 1 aromatic rings. The van der Waals surface area contributed by atoms with Gasteiger partial charge in [-0.05, 0) is 30.5 Å². The second-order valence-electron chi connectivity index (χ2n) is 3.55. The lowest BCUT2D eigenvalue weighted by Gasteiger charge is -2.00. The van der Waals surface area contributed by atoms with Gasteiger partial charge < -0.3 is 9.94 Å². The Hall–Kier alpha value is -2.62. The average Bonchev–Trinajstić information content (AvgIpc) is 2.56. The maximum atomic E-state index is 8.54. The number of hydrogen-bond donors (Lipinski definition) is 1. The molecule has 0 amide bonds. The topological polar surface area (TPSA) is 54.2 Å². The zero-order valence-electron chi connectivity index (χ0n) is 12.8. The van der Waals surface area contributed by atoms with Gasteiger partial charge in [0.25, 0.3) is 0 Å². The Kier molecular flexibility index (Phi) is 9.83. The number of nitrogens with zero attached hydrogens (tertiary/aromatic N) is 2. The first-order valence-electron chi connectivity index (χ1n) is 6.58. The molecule has 4 nitrogen and oxygen atoms in total. The molecular weight excluding hydrogens is 264 g/mol. The van der Waals surface area contributed by atoms with Crippen LogP contribution < -0.4 is 4.74 Å². The lowest BCUT2D eigenvalue weighted by atomic mass is 10.1. The summed E-state index contributed by atoms with van der Waals surface area (Å²) in [6, 6.07) is 7.58. The van der Waals surface area contributed by atoms with Gasteiger partial charge in [-0.1, -0.05) is 49.9 Å². The Morgan fingerprint density at radius 2 is 1.86 bits per heavy atom. The summed E-state index contributed by atoms with van der Waals surface area (Å²) in [4.78, 5) is 3.87. The van der Waals surface area contributed by atoms with Crippen molar-refractivity contribution in [1.82, 2.24) is 0 Å². The third-order valence-electron chi connectivity index (χ3n) is 2.43. The first kappa shape index (κ1) is 18.4. The molecular formula is C17H22N2O2. The second-order valence-corrected chi connectivity index (χ2v) is 3.55. The summed E-state index contributed by atoms with van der Waals surface area (Å²) in [5.74, 6) is 0.800. The van der Waals surface area contributed by atoms with E-state index in [1.54, 1.807) is 19.3 Å². The van der Waals surface area contributed by atoms with Gasteiger partial charge in [-0.3, -0.25) is 4.99 Å². The van der Waals surface area contributed by atoms with E-state index in [1.807, 2.05) is 44.2 Å². The lowest BCUT2D eigenvalue weighted by Crippen LogP contribution is -1.86. The summed E-state index contributed by atoms with van der Waals surface area (Å²) in [5.41, 5.74) is 2.15. The van der Waals surface area contributed by atoms with Crippen LogP contribution in [0.25, 0.3) is 6.08 Å². The van der Waals surface area contributed by atoms with Crippen molar-refractivity contribution < 1.29 is 9.94 Å². The Morgan fingerprint density at radius 1 is 1.24 bits per heavy atom. The second kappa shape index (κ2) is 11.2. The maximum Gasteiger partial charge on any atom is 0.118 e. The van der Waals surface area contributed by atoms with E-state index in [9.17, 15) is 0 Å². The minimum absolute atomic E-state index is 0.573. The van der Waals surface area contributed by atoms with Crippen molar-refractivity contribution in [2.75, 3.05) is 7.11 Å². The van der Waals surface area contributed by atoms with E-state index in [0.717, 1.165) is 11.3 Å². The van der Waals surface area contributed by atoms with E-state index in [1.165, 1.54) is 6.21 Å². The van der Waals surface area contributed by atoms with Crippen LogP contribution in [0.15, 0.2) is 64.4 Å². The lowest BCUT2D eigenvalue weighted by molar-refractivity contribution is 0.322. The highest BCUT2D eigenvalue weighted by Crippen LogP contribution is 2.14. The van der Waals surface area contributed by atoms with E-state index < -0.39 is 0 Å². The quantitative estimate of drug-likeness (QED) is 0.366. The molecule has 0 bridgehead atoms. The van der Waals surface area contributed by atoms with Crippen LogP contribution in [0.1, 0.15) is 19.4 Å². The molecule has 0 unspecified atom stereocenters. The molecule has 0 aliphatic carbocycles. The van der Waals surface area contributed by atoms with Crippen LogP contribution in [0, 0.1) is 0 Å². The number of methoxy groups -OCH3 is 1. The zero-order chi connectivity index (χ0) is 16.1. The van der Waals surface area contributed by atoms with E-state index in [-0.39, 0.29) is 0 Å². The Balaban J connectivity index is 0.00000191. The molecule has 0 fully saturated rings. The minimum atomic E-state index is 0.573. The van der Waals surface area contributed by atoms with Crippen molar-refractivity contribution in [3.8, 4) is 5.75 Å². The van der Waals surface area contributed by atoms with Crippen molar-refractivity contribution in [2.24, 2.45) is 10.1 Å². The van der Waals surface area contributed by atoms with Crippen LogP contribution >= 0.6 is 0 Å². The third kappa shape index (κ3) is 6.38. The minimum Gasteiger partial charge on any atom is -0.497 e.